The van der Waals surface area contributed by atoms with Crippen LogP contribution in [0.4, 0.5) is 10.5 Å². The van der Waals surface area contributed by atoms with E-state index in [4.69, 9.17) is 30.1 Å². The summed E-state index contributed by atoms with van der Waals surface area (Å²) in [5, 5.41) is 0.182. The smallest absolute Gasteiger partial charge is 0.421 e. The molecular formula is C28H35ClNO8P. The Morgan fingerprint density at radius 1 is 0.974 bits per heavy atom. The van der Waals surface area contributed by atoms with Crippen molar-refractivity contribution in [2.24, 2.45) is 0 Å². The van der Waals surface area contributed by atoms with E-state index in [2.05, 4.69) is 0 Å². The molecule has 2 aromatic rings. The lowest BCUT2D eigenvalue weighted by Gasteiger charge is -2.34. The SMILES string of the molecule is CCOC(=O)[C@H](C[C@]1(c2ccccc2)C(=O)N(C(=O)OC(C)(C)C)c2cccc(Cl)c21)P(=O)(OCC)OCC. The summed E-state index contributed by atoms with van der Waals surface area (Å²) < 4.78 is 36.1. The summed E-state index contributed by atoms with van der Waals surface area (Å²) in [6.45, 7) is 9.90. The van der Waals surface area contributed by atoms with Crippen LogP contribution in [0.5, 0.6) is 0 Å². The van der Waals surface area contributed by atoms with Crippen LogP contribution in [0.2, 0.25) is 5.02 Å². The summed E-state index contributed by atoms with van der Waals surface area (Å²) in [5.74, 6) is -1.56. The van der Waals surface area contributed by atoms with Crippen molar-refractivity contribution < 1.29 is 37.5 Å². The molecule has 0 aliphatic carbocycles. The molecule has 3 rings (SSSR count). The van der Waals surface area contributed by atoms with Crippen LogP contribution in [0.25, 0.3) is 0 Å². The fourth-order valence-corrected chi connectivity index (χ4v) is 7.06. The maximum Gasteiger partial charge on any atom is 0.421 e. The van der Waals surface area contributed by atoms with Gasteiger partial charge in [-0.2, -0.15) is 0 Å². The van der Waals surface area contributed by atoms with Gasteiger partial charge in [-0.1, -0.05) is 48.0 Å². The van der Waals surface area contributed by atoms with Crippen molar-refractivity contribution in [1.82, 2.24) is 0 Å². The minimum Gasteiger partial charge on any atom is -0.465 e. The van der Waals surface area contributed by atoms with Gasteiger partial charge in [-0.15, -0.1) is 0 Å². The number of hydrogen-bond acceptors (Lipinski definition) is 8. The van der Waals surface area contributed by atoms with Gasteiger partial charge in [0, 0.05) is 10.6 Å². The van der Waals surface area contributed by atoms with Crippen molar-refractivity contribution in [2.45, 2.75) is 64.6 Å². The summed E-state index contributed by atoms with van der Waals surface area (Å²) in [6, 6.07) is 13.4. The van der Waals surface area contributed by atoms with Gasteiger partial charge in [0.05, 0.1) is 25.5 Å². The number of amides is 2. The van der Waals surface area contributed by atoms with Gasteiger partial charge in [0.2, 0.25) is 0 Å². The molecule has 2 atom stereocenters. The number of fused-ring (bicyclic) bond motifs is 1. The first kappa shape index (κ1) is 30.8. The normalized spacial score (nSPS) is 18.0. The standard InChI is InChI=1S/C28H35ClNO8P/c1-7-35-24(31)22(39(34,36-8-2)37-9-3)18-28(19-14-11-10-12-15-19)23-20(29)16-13-17-21(23)30(25(28)32)26(33)38-27(4,5)6/h10-17,22H,7-9,18H2,1-6H3/t22-,28+/m0/s1. The molecule has 0 spiro atoms. The lowest BCUT2D eigenvalue weighted by molar-refractivity contribution is -0.143. The molecule has 2 amide bonds. The van der Waals surface area contributed by atoms with E-state index in [0.717, 1.165) is 4.90 Å². The number of carbonyl (C=O) groups excluding carboxylic acids is 3. The molecule has 0 saturated heterocycles. The van der Waals surface area contributed by atoms with Gasteiger partial charge in [-0.25, -0.2) is 9.69 Å². The van der Waals surface area contributed by atoms with Crippen LogP contribution < -0.4 is 4.90 Å². The molecule has 0 unspecified atom stereocenters. The zero-order valence-electron chi connectivity index (χ0n) is 23.1. The molecule has 0 N–H and O–H groups in total. The predicted molar refractivity (Wildman–Crippen MR) is 148 cm³/mol. The lowest BCUT2D eigenvalue weighted by Crippen LogP contribution is -2.48. The first-order chi connectivity index (χ1) is 18.4. The van der Waals surface area contributed by atoms with Gasteiger partial charge in [0.1, 0.15) is 11.0 Å². The van der Waals surface area contributed by atoms with Crippen molar-refractivity contribution in [1.29, 1.82) is 0 Å². The van der Waals surface area contributed by atoms with Crippen molar-refractivity contribution >= 4 is 42.9 Å². The van der Waals surface area contributed by atoms with Crippen LogP contribution >= 0.6 is 19.2 Å². The van der Waals surface area contributed by atoms with Crippen molar-refractivity contribution in [3.8, 4) is 0 Å². The van der Waals surface area contributed by atoms with Crippen LogP contribution in [0.15, 0.2) is 48.5 Å². The number of esters is 1. The lowest BCUT2D eigenvalue weighted by atomic mass is 9.72. The first-order valence-corrected chi connectivity index (χ1v) is 14.8. The van der Waals surface area contributed by atoms with E-state index in [9.17, 15) is 18.9 Å². The van der Waals surface area contributed by atoms with Gasteiger partial charge >= 0.3 is 19.7 Å². The second kappa shape index (κ2) is 12.2. The number of imide groups is 1. The number of halogens is 1. The van der Waals surface area contributed by atoms with Gasteiger partial charge in [-0.3, -0.25) is 14.2 Å². The number of ether oxygens (including phenoxy) is 2. The van der Waals surface area contributed by atoms with E-state index in [1.807, 2.05) is 0 Å². The molecule has 9 nitrogen and oxygen atoms in total. The zero-order chi connectivity index (χ0) is 29.0. The Balaban J connectivity index is 2.35. The van der Waals surface area contributed by atoms with Crippen molar-refractivity contribution in [3.05, 3.63) is 64.7 Å². The molecule has 2 aromatic carbocycles. The quantitative estimate of drug-likeness (QED) is 0.232. The Morgan fingerprint density at radius 2 is 1.59 bits per heavy atom. The van der Waals surface area contributed by atoms with Gasteiger partial charge in [-0.05, 0) is 65.7 Å². The van der Waals surface area contributed by atoms with Crippen LogP contribution in [-0.4, -0.2) is 49.1 Å². The second-order valence-corrected chi connectivity index (χ2v) is 12.5. The van der Waals surface area contributed by atoms with Crippen LogP contribution in [0.1, 0.15) is 59.1 Å². The molecule has 0 bridgehead atoms. The fourth-order valence-electron chi connectivity index (χ4n) is 4.75. The summed E-state index contributed by atoms with van der Waals surface area (Å²) in [7, 11) is -4.17. The Kier molecular flexibility index (Phi) is 9.65. The van der Waals surface area contributed by atoms with Crippen molar-refractivity contribution in [2.75, 3.05) is 24.7 Å². The first-order valence-electron chi connectivity index (χ1n) is 12.8. The number of anilines is 1. The Bertz CT molecular complexity index is 1250. The molecule has 0 aromatic heterocycles. The van der Waals surface area contributed by atoms with E-state index in [0.29, 0.717) is 5.56 Å². The molecule has 1 heterocycles. The Morgan fingerprint density at radius 3 is 2.13 bits per heavy atom. The number of carbonyl (C=O) groups is 3. The van der Waals surface area contributed by atoms with Gasteiger partial charge < -0.3 is 18.5 Å². The highest BCUT2D eigenvalue weighted by molar-refractivity contribution is 7.55. The summed E-state index contributed by atoms with van der Waals surface area (Å²) in [5.41, 5.74) is -3.22. The molecule has 0 fully saturated rings. The van der Waals surface area contributed by atoms with Crippen LogP contribution in [0, 0.1) is 0 Å². The Labute approximate surface area is 234 Å². The Hall–Kier alpha value is -2.71. The number of benzene rings is 2. The summed E-state index contributed by atoms with van der Waals surface area (Å²) in [6.07, 6.45) is -1.30. The van der Waals surface area contributed by atoms with E-state index < -0.39 is 48.7 Å². The topological polar surface area (TPSA) is 108 Å². The van der Waals surface area contributed by atoms with Crippen LogP contribution in [0.3, 0.4) is 0 Å². The predicted octanol–water partition coefficient (Wildman–Crippen LogP) is 6.50. The number of hydrogen-bond donors (Lipinski definition) is 0. The average molecular weight is 580 g/mol. The van der Waals surface area contributed by atoms with E-state index >= 15 is 0 Å². The minimum atomic E-state index is -4.17. The van der Waals surface area contributed by atoms with E-state index in [1.165, 1.54) is 0 Å². The largest absolute Gasteiger partial charge is 0.465 e. The molecule has 11 heteroatoms. The third-order valence-electron chi connectivity index (χ3n) is 6.13. The van der Waals surface area contributed by atoms with Crippen molar-refractivity contribution in [3.63, 3.8) is 0 Å². The molecular weight excluding hydrogens is 545 g/mol. The maximum absolute atomic E-state index is 14.6. The van der Waals surface area contributed by atoms with Gasteiger partial charge in [0.15, 0.2) is 5.66 Å². The maximum atomic E-state index is 14.6. The third-order valence-corrected chi connectivity index (χ3v) is 8.84. The molecule has 0 saturated carbocycles. The highest BCUT2D eigenvalue weighted by Gasteiger charge is 2.60. The number of rotatable bonds is 10. The third kappa shape index (κ3) is 6.07. The summed E-state index contributed by atoms with van der Waals surface area (Å²) >= 11 is 6.75. The highest BCUT2D eigenvalue weighted by Crippen LogP contribution is 2.60. The average Bonchev–Trinajstić information content (AvgIpc) is 3.11. The molecule has 212 valence electrons. The zero-order valence-corrected chi connectivity index (χ0v) is 24.7. The van der Waals surface area contributed by atoms with E-state index in [-0.39, 0.29) is 36.1 Å². The minimum absolute atomic E-state index is 0.00123. The van der Waals surface area contributed by atoms with E-state index in [1.54, 1.807) is 90.1 Å². The fraction of sp³-hybridized carbons (Fsp3) is 0.464. The molecule has 39 heavy (non-hydrogen) atoms. The number of nitrogens with zero attached hydrogens (tertiary/aromatic N) is 1. The van der Waals surface area contributed by atoms with Crippen LogP contribution in [-0.2, 0) is 38.1 Å². The molecule has 1 aliphatic heterocycles. The second-order valence-electron chi connectivity index (χ2n) is 9.87. The highest BCUT2D eigenvalue weighted by atomic mass is 35.5. The molecule has 0 radical (unpaired) electrons. The monoisotopic (exact) mass is 579 g/mol. The van der Waals surface area contributed by atoms with Gasteiger partial charge in [0.25, 0.3) is 5.91 Å². The summed E-state index contributed by atoms with van der Waals surface area (Å²) in [4.78, 5) is 42.3. The molecule has 1 aliphatic rings.